The molecule has 0 N–H and O–H groups in total. The summed E-state index contributed by atoms with van der Waals surface area (Å²) in [5.41, 5.74) is 6.45. The average Bonchev–Trinajstić information content (AvgIpc) is 3.13. The molecule has 0 saturated heterocycles. The van der Waals surface area contributed by atoms with E-state index in [9.17, 15) is 4.79 Å². The van der Waals surface area contributed by atoms with E-state index in [1.54, 1.807) is 0 Å². The number of esters is 1. The van der Waals surface area contributed by atoms with Crippen LogP contribution in [0.1, 0.15) is 172 Å². The van der Waals surface area contributed by atoms with Crippen molar-refractivity contribution in [2.75, 3.05) is 0 Å². The first kappa shape index (κ1) is 31.5. The maximum atomic E-state index is 13.6. The third-order valence-corrected chi connectivity index (χ3v) is 11.9. The first-order valence-corrected chi connectivity index (χ1v) is 18.9. The topological polar surface area (TPSA) is 35.5 Å². The molecular weight excluding hydrogens is 564 g/mol. The highest BCUT2D eigenvalue weighted by Gasteiger charge is 2.30. The quantitative estimate of drug-likeness (QED) is 0.236. The number of hydrogen-bond acceptors (Lipinski definition) is 3. The van der Waals surface area contributed by atoms with Crippen LogP contribution in [-0.2, 0) is 4.74 Å². The van der Waals surface area contributed by atoms with Crippen LogP contribution in [0.2, 0.25) is 0 Å². The van der Waals surface area contributed by atoms with Crippen LogP contribution >= 0.6 is 0 Å². The molecule has 0 amide bonds. The van der Waals surface area contributed by atoms with Gasteiger partial charge in [0.2, 0.25) is 0 Å². The van der Waals surface area contributed by atoms with Crippen LogP contribution in [-0.4, -0.2) is 18.2 Å². The Balaban J connectivity index is 0.949. The normalized spacial score (nSPS) is 26.3. The van der Waals surface area contributed by atoms with Gasteiger partial charge in [-0.15, -0.1) is 0 Å². The second-order valence-corrected chi connectivity index (χ2v) is 15.0. The van der Waals surface area contributed by atoms with Gasteiger partial charge in [-0.25, -0.2) is 4.79 Å². The lowest BCUT2D eigenvalue weighted by Crippen LogP contribution is -2.27. The maximum Gasteiger partial charge on any atom is 0.342 e. The fraction of sp³-hybridized carbons (Fsp3) is 0.558. The molecule has 0 heterocycles. The molecule has 0 radical (unpaired) electrons. The molecule has 3 nitrogen and oxygen atoms in total. The molecule has 4 atom stereocenters. The van der Waals surface area contributed by atoms with Crippen molar-refractivity contribution in [1.29, 1.82) is 0 Å². The van der Waals surface area contributed by atoms with Gasteiger partial charge in [-0.05, 0) is 135 Å². The molecular formula is C43H54O3. The zero-order valence-corrected chi connectivity index (χ0v) is 27.8. The van der Waals surface area contributed by atoms with Crippen molar-refractivity contribution >= 4 is 5.97 Å². The summed E-state index contributed by atoms with van der Waals surface area (Å²) in [6.07, 6.45) is 22.2. The fourth-order valence-electron chi connectivity index (χ4n) is 9.19. The van der Waals surface area contributed by atoms with Gasteiger partial charge in [-0.1, -0.05) is 99.2 Å². The highest BCUT2D eigenvalue weighted by molar-refractivity contribution is 5.92. The lowest BCUT2D eigenvalue weighted by molar-refractivity contribution is 0.0180. The van der Waals surface area contributed by atoms with Gasteiger partial charge in [0.15, 0.2) is 0 Å². The van der Waals surface area contributed by atoms with Gasteiger partial charge >= 0.3 is 5.97 Å². The zero-order valence-electron chi connectivity index (χ0n) is 27.8. The minimum Gasteiger partial charge on any atom is -0.490 e. The molecule has 0 aromatic heterocycles. The van der Waals surface area contributed by atoms with Crippen LogP contribution in [0.15, 0.2) is 72.8 Å². The first-order valence-electron chi connectivity index (χ1n) is 18.9. The number of para-hydroxylation sites is 1. The Hall–Kier alpha value is -3.07. The van der Waals surface area contributed by atoms with Gasteiger partial charge in [-0.3, -0.25) is 0 Å². The molecule has 3 heteroatoms. The average molecular weight is 619 g/mol. The van der Waals surface area contributed by atoms with Gasteiger partial charge in [0.05, 0.1) is 6.10 Å². The molecule has 3 aromatic carbocycles. The molecule has 0 aliphatic heterocycles. The Morgan fingerprint density at radius 3 is 1.43 bits per heavy atom. The molecule has 4 fully saturated rings. The molecule has 4 saturated carbocycles. The van der Waals surface area contributed by atoms with Crippen molar-refractivity contribution in [3.05, 3.63) is 101 Å². The third-order valence-electron chi connectivity index (χ3n) is 11.9. The number of hydrogen-bond donors (Lipinski definition) is 0. The second-order valence-electron chi connectivity index (χ2n) is 15.0. The van der Waals surface area contributed by atoms with Crippen molar-refractivity contribution in [3.8, 4) is 5.75 Å². The largest absolute Gasteiger partial charge is 0.490 e. The van der Waals surface area contributed by atoms with E-state index in [-0.39, 0.29) is 18.2 Å². The Morgan fingerprint density at radius 1 is 0.457 bits per heavy atom. The van der Waals surface area contributed by atoms with Crippen LogP contribution < -0.4 is 4.74 Å². The standard InChI is InChI=1S/C43H54O3/c44-43(46-40-18-10-16-38(30-40)36-27-23-34(24-28-36)32-13-5-2-6-14-32)41-19-7-8-20-42(41)45-39-17-9-15-37(29-39)35-25-21-33(22-26-35)31-11-3-1-4-12-31/h7-8,19-28,31-32,37-40H,1-6,9-18,29-30H2. The lowest BCUT2D eigenvalue weighted by atomic mass is 9.80. The number of benzene rings is 3. The summed E-state index contributed by atoms with van der Waals surface area (Å²) < 4.78 is 12.8. The summed E-state index contributed by atoms with van der Waals surface area (Å²) in [5.74, 6) is 2.89. The predicted molar refractivity (Wildman–Crippen MR) is 187 cm³/mol. The number of ether oxygens (including phenoxy) is 2. The summed E-state index contributed by atoms with van der Waals surface area (Å²) in [5, 5.41) is 0. The van der Waals surface area contributed by atoms with E-state index in [0.717, 1.165) is 50.4 Å². The molecule has 46 heavy (non-hydrogen) atoms. The minimum absolute atomic E-state index is 0.0482. The van der Waals surface area contributed by atoms with Crippen LogP contribution in [0.25, 0.3) is 0 Å². The zero-order chi connectivity index (χ0) is 31.1. The number of carbonyl (C=O) groups excluding carboxylic acids is 1. The molecule has 0 spiro atoms. The van der Waals surface area contributed by atoms with Crippen molar-refractivity contribution in [3.63, 3.8) is 0 Å². The number of rotatable bonds is 8. The van der Waals surface area contributed by atoms with E-state index in [0.29, 0.717) is 23.1 Å². The highest BCUT2D eigenvalue weighted by Crippen LogP contribution is 2.40. The minimum atomic E-state index is -0.237. The van der Waals surface area contributed by atoms with Crippen molar-refractivity contribution in [1.82, 2.24) is 0 Å². The van der Waals surface area contributed by atoms with E-state index in [1.807, 2.05) is 24.3 Å². The Bertz CT molecular complexity index is 1400. The van der Waals surface area contributed by atoms with E-state index < -0.39 is 0 Å². The Morgan fingerprint density at radius 2 is 0.891 bits per heavy atom. The van der Waals surface area contributed by atoms with Gasteiger partial charge in [0, 0.05) is 0 Å². The molecule has 4 aliphatic rings. The monoisotopic (exact) mass is 618 g/mol. The maximum absolute atomic E-state index is 13.6. The first-order chi connectivity index (χ1) is 22.7. The summed E-state index contributed by atoms with van der Waals surface area (Å²) in [7, 11) is 0. The SMILES string of the molecule is O=C(OC1CCCC(c2ccc(C3CCCCC3)cc2)C1)c1ccccc1OC1CCCC(c2ccc(C3CCCCC3)cc2)C1. The highest BCUT2D eigenvalue weighted by atomic mass is 16.5. The van der Waals surface area contributed by atoms with Crippen molar-refractivity contribution in [2.45, 2.75) is 151 Å². The van der Waals surface area contributed by atoms with E-state index >= 15 is 0 Å². The lowest BCUT2D eigenvalue weighted by Gasteiger charge is -2.31. The van der Waals surface area contributed by atoms with Crippen molar-refractivity contribution in [2.24, 2.45) is 0 Å². The Labute approximate surface area is 277 Å². The second kappa shape index (κ2) is 15.2. The van der Waals surface area contributed by atoms with Gasteiger partial charge in [-0.2, -0.15) is 0 Å². The van der Waals surface area contributed by atoms with Gasteiger partial charge in [0.25, 0.3) is 0 Å². The predicted octanol–water partition coefficient (Wildman–Crippen LogP) is 11.8. The molecule has 3 aromatic rings. The molecule has 4 aliphatic carbocycles. The summed E-state index contributed by atoms with van der Waals surface area (Å²) in [6.45, 7) is 0. The van der Waals surface area contributed by atoms with Gasteiger partial charge in [0.1, 0.15) is 17.4 Å². The summed E-state index contributed by atoms with van der Waals surface area (Å²) >= 11 is 0. The molecule has 7 rings (SSSR count). The summed E-state index contributed by atoms with van der Waals surface area (Å²) in [4.78, 5) is 13.6. The van der Waals surface area contributed by atoms with E-state index in [1.165, 1.54) is 99.3 Å². The van der Waals surface area contributed by atoms with Crippen molar-refractivity contribution < 1.29 is 14.3 Å². The molecule has 0 bridgehead atoms. The summed E-state index contributed by atoms with van der Waals surface area (Å²) in [6, 6.07) is 26.7. The van der Waals surface area contributed by atoms with Crippen LogP contribution in [0, 0.1) is 0 Å². The van der Waals surface area contributed by atoms with E-state index in [2.05, 4.69) is 48.5 Å². The van der Waals surface area contributed by atoms with E-state index in [4.69, 9.17) is 9.47 Å². The van der Waals surface area contributed by atoms with Crippen LogP contribution in [0.5, 0.6) is 5.75 Å². The van der Waals surface area contributed by atoms with Crippen LogP contribution in [0.4, 0.5) is 0 Å². The van der Waals surface area contributed by atoms with Crippen LogP contribution in [0.3, 0.4) is 0 Å². The molecule has 4 unspecified atom stereocenters. The Kier molecular flexibility index (Phi) is 10.4. The molecule has 244 valence electrons. The smallest absolute Gasteiger partial charge is 0.342 e. The fourth-order valence-corrected chi connectivity index (χ4v) is 9.19. The number of carbonyl (C=O) groups is 1. The van der Waals surface area contributed by atoms with Gasteiger partial charge < -0.3 is 9.47 Å². The third kappa shape index (κ3) is 7.72.